The molecule has 8 heteroatoms. The Morgan fingerprint density at radius 1 is 1.29 bits per heavy atom. The highest BCUT2D eigenvalue weighted by molar-refractivity contribution is 6.26. The van der Waals surface area contributed by atoms with Gasteiger partial charge >= 0.3 is 5.97 Å². The lowest BCUT2D eigenvalue weighted by Gasteiger charge is -2.19. The van der Waals surface area contributed by atoms with Crippen molar-refractivity contribution in [2.75, 3.05) is 0 Å². The summed E-state index contributed by atoms with van der Waals surface area (Å²) in [6.07, 6.45) is -1.92. The van der Waals surface area contributed by atoms with Crippen molar-refractivity contribution >= 4 is 29.7 Å². The van der Waals surface area contributed by atoms with Crippen LogP contribution in [0, 0.1) is 5.41 Å². The average molecular weight is 300 g/mol. The summed E-state index contributed by atoms with van der Waals surface area (Å²) in [6, 6.07) is -1.17. The maximum absolute atomic E-state index is 11.8. The smallest absolute Gasteiger partial charge is 0.328 e. The number of esters is 1. The molecule has 0 fully saturated rings. The summed E-state index contributed by atoms with van der Waals surface area (Å²) in [6.45, 7) is 4.26. The minimum Gasteiger partial charge on any atom is -0.461 e. The van der Waals surface area contributed by atoms with Gasteiger partial charge < -0.3 is 20.6 Å². The number of hydrogen-bond donors (Lipinski definition) is 3. The number of ketones is 2. The highest BCUT2D eigenvalue weighted by Crippen LogP contribution is 2.04. The molecule has 0 saturated carbocycles. The average Bonchev–Trinajstić information content (AvgIpc) is 2.40. The summed E-state index contributed by atoms with van der Waals surface area (Å²) >= 11 is 0. The van der Waals surface area contributed by atoms with E-state index in [0.29, 0.717) is 6.21 Å². The first-order valence-electron chi connectivity index (χ1n) is 6.41. The Labute approximate surface area is 122 Å². The third kappa shape index (κ3) is 7.31. The molecule has 0 radical (unpaired) electrons. The van der Waals surface area contributed by atoms with Gasteiger partial charge in [0, 0.05) is 6.42 Å². The van der Waals surface area contributed by atoms with Gasteiger partial charge in [-0.1, -0.05) is 0 Å². The second kappa shape index (κ2) is 8.96. The highest BCUT2D eigenvalue weighted by Gasteiger charge is 2.28. The molecule has 0 aliphatic rings. The Hall–Kier alpha value is -2.09. The molecule has 0 aromatic rings. The first-order valence-corrected chi connectivity index (χ1v) is 6.41. The molecular weight excluding hydrogens is 280 g/mol. The van der Waals surface area contributed by atoms with Crippen LogP contribution in [0.15, 0.2) is 0 Å². The van der Waals surface area contributed by atoms with Gasteiger partial charge in [0.2, 0.25) is 0 Å². The number of aliphatic hydroxyl groups excluding tert-OH is 1. The number of ether oxygens (including phenoxy) is 1. The molecule has 0 rings (SSSR count). The van der Waals surface area contributed by atoms with Crippen LogP contribution in [0.2, 0.25) is 0 Å². The van der Waals surface area contributed by atoms with Crippen LogP contribution in [0.25, 0.3) is 0 Å². The van der Waals surface area contributed by atoms with Crippen LogP contribution >= 0.6 is 0 Å². The lowest BCUT2D eigenvalue weighted by Crippen LogP contribution is -2.48. The second-order valence-corrected chi connectivity index (χ2v) is 4.71. The van der Waals surface area contributed by atoms with E-state index in [-0.39, 0.29) is 12.8 Å². The monoisotopic (exact) mass is 300 g/mol. The number of carbonyl (C=O) groups excluding carboxylic acids is 4. The zero-order valence-electron chi connectivity index (χ0n) is 12.2. The number of Topliss-reactive ketones (excluding diaryl/α,β-unsaturated/α-hetero) is 2. The largest absolute Gasteiger partial charge is 0.461 e. The molecule has 3 N–H and O–H groups in total. The number of aliphatic hydroxyl groups is 1. The van der Waals surface area contributed by atoms with Crippen molar-refractivity contribution in [3.63, 3.8) is 0 Å². The van der Waals surface area contributed by atoms with Crippen LogP contribution in [-0.4, -0.2) is 53.0 Å². The van der Waals surface area contributed by atoms with Crippen molar-refractivity contribution in [2.45, 2.75) is 51.9 Å². The number of nitrogens with one attached hydrogen (secondary N) is 2. The van der Waals surface area contributed by atoms with Crippen molar-refractivity contribution in [2.24, 2.45) is 0 Å². The topological polar surface area (TPSA) is 134 Å². The molecule has 8 nitrogen and oxygen atoms in total. The fraction of sp³-hybridized carbons (Fsp3) is 0.615. The van der Waals surface area contributed by atoms with E-state index >= 15 is 0 Å². The van der Waals surface area contributed by atoms with Gasteiger partial charge in [0.25, 0.3) is 5.91 Å². The zero-order chi connectivity index (χ0) is 16.6. The Kier molecular flexibility index (Phi) is 8.07. The Bertz CT molecular complexity index is 432. The fourth-order valence-electron chi connectivity index (χ4n) is 1.36. The summed E-state index contributed by atoms with van der Waals surface area (Å²) < 4.78 is 4.93. The number of amides is 1. The number of carbonyl (C=O) groups is 4. The Morgan fingerprint density at radius 2 is 1.86 bits per heavy atom. The molecule has 0 aromatic heterocycles. The molecule has 2 atom stereocenters. The van der Waals surface area contributed by atoms with E-state index in [1.54, 1.807) is 13.8 Å². The highest BCUT2D eigenvalue weighted by atomic mass is 16.5. The van der Waals surface area contributed by atoms with Crippen molar-refractivity contribution in [1.29, 1.82) is 5.41 Å². The predicted octanol–water partition coefficient (Wildman–Crippen LogP) is -0.628. The first-order chi connectivity index (χ1) is 9.68. The van der Waals surface area contributed by atoms with Gasteiger partial charge in [0.1, 0.15) is 6.04 Å². The Morgan fingerprint density at radius 3 is 2.29 bits per heavy atom. The lowest BCUT2D eigenvalue weighted by molar-refractivity contribution is -0.153. The first kappa shape index (κ1) is 18.9. The van der Waals surface area contributed by atoms with Crippen LogP contribution in [0.3, 0.4) is 0 Å². The minimum atomic E-state index is -1.88. The second-order valence-electron chi connectivity index (χ2n) is 4.71. The van der Waals surface area contributed by atoms with Gasteiger partial charge in [-0.3, -0.25) is 14.4 Å². The molecule has 0 aliphatic carbocycles. The van der Waals surface area contributed by atoms with E-state index in [4.69, 9.17) is 10.1 Å². The van der Waals surface area contributed by atoms with E-state index in [1.807, 2.05) is 0 Å². The van der Waals surface area contributed by atoms with Gasteiger partial charge in [0.15, 0.2) is 17.7 Å². The predicted molar refractivity (Wildman–Crippen MR) is 72.9 cm³/mol. The van der Waals surface area contributed by atoms with Gasteiger partial charge in [-0.2, -0.15) is 0 Å². The van der Waals surface area contributed by atoms with Gasteiger partial charge in [-0.25, -0.2) is 4.79 Å². The van der Waals surface area contributed by atoms with Crippen LogP contribution in [0.4, 0.5) is 0 Å². The molecule has 0 aliphatic heterocycles. The lowest BCUT2D eigenvalue weighted by atomic mass is 10.1. The summed E-state index contributed by atoms with van der Waals surface area (Å²) in [7, 11) is 0. The molecule has 21 heavy (non-hydrogen) atoms. The zero-order valence-corrected chi connectivity index (χ0v) is 12.2. The van der Waals surface area contributed by atoms with Crippen molar-refractivity contribution < 1.29 is 29.0 Å². The maximum atomic E-state index is 11.8. The molecule has 118 valence electrons. The summed E-state index contributed by atoms with van der Waals surface area (Å²) in [4.78, 5) is 45.4. The summed E-state index contributed by atoms with van der Waals surface area (Å²) in [5, 5.41) is 18.3. The maximum Gasteiger partial charge on any atom is 0.328 e. The molecule has 0 aromatic carbocycles. The van der Waals surface area contributed by atoms with Crippen molar-refractivity contribution in [1.82, 2.24) is 5.32 Å². The van der Waals surface area contributed by atoms with Crippen LogP contribution in [0.1, 0.15) is 33.6 Å². The van der Waals surface area contributed by atoms with Crippen LogP contribution in [-0.2, 0) is 23.9 Å². The van der Waals surface area contributed by atoms with E-state index in [2.05, 4.69) is 5.32 Å². The normalized spacial score (nSPS) is 13.2. The number of hydrogen-bond acceptors (Lipinski definition) is 7. The standard InChI is InChI=1S/C13H20N2O6/c1-7(2)21-13(20)10(5-4-9(17)6-14)15-12(19)11(18)8(3)16/h6-7,10-11,14,18H,4-5H2,1-3H3,(H,15,19)/t10-,11+/m0/s1. The molecule has 0 spiro atoms. The van der Waals surface area contributed by atoms with E-state index < -0.39 is 41.7 Å². The van der Waals surface area contributed by atoms with Crippen LogP contribution < -0.4 is 5.32 Å². The van der Waals surface area contributed by atoms with Crippen molar-refractivity contribution in [3.8, 4) is 0 Å². The quantitative estimate of drug-likeness (QED) is 0.295. The molecule has 1 amide bonds. The van der Waals surface area contributed by atoms with Crippen LogP contribution in [0.5, 0.6) is 0 Å². The molecule has 0 saturated heterocycles. The fourth-order valence-corrected chi connectivity index (χ4v) is 1.36. The minimum absolute atomic E-state index is 0.0872. The van der Waals surface area contributed by atoms with Gasteiger partial charge in [0.05, 0.1) is 12.3 Å². The van der Waals surface area contributed by atoms with E-state index in [0.717, 1.165) is 6.92 Å². The SMILES string of the molecule is CC(=O)[C@@H](O)C(=O)N[C@@H](CCC(=O)C=N)C(=O)OC(C)C. The van der Waals surface area contributed by atoms with Gasteiger partial charge in [-0.05, 0) is 27.2 Å². The molecule has 0 unspecified atom stereocenters. The van der Waals surface area contributed by atoms with Gasteiger partial charge in [-0.15, -0.1) is 0 Å². The van der Waals surface area contributed by atoms with E-state index in [9.17, 15) is 24.3 Å². The summed E-state index contributed by atoms with van der Waals surface area (Å²) in [5.74, 6) is -3.08. The molecule has 0 bridgehead atoms. The number of rotatable bonds is 9. The third-order valence-corrected chi connectivity index (χ3v) is 2.43. The van der Waals surface area contributed by atoms with Crippen molar-refractivity contribution in [3.05, 3.63) is 0 Å². The third-order valence-electron chi connectivity index (χ3n) is 2.43. The molecule has 0 heterocycles. The molecular formula is C13H20N2O6. The van der Waals surface area contributed by atoms with E-state index in [1.165, 1.54) is 0 Å². The summed E-state index contributed by atoms with van der Waals surface area (Å²) in [5.41, 5.74) is 0. The Balaban J connectivity index is 4.82.